The summed E-state index contributed by atoms with van der Waals surface area (Å²) >= 11 is 5.89. The zero-order valence-corrected chi connectivity index (χ0v) is 13.9. The smallest absolute Gasteiger partial charge is 0.433 e. The van der Waals surface area contributed by atoms with Crippen LogP contribution >= 0.6 is 11.6 Å². The molecule has 0 radical (unpaired) electrons. The maximum Gasteiger partial charge on any atom is 0.433 e. The van der Waals surface area contributed by atoms with Crippen molar-refractivity contribution >= 4 is 11.6 Å². The molecule has 0 aliphatic heterocycles. The molecule has 0 aliphatic carbocycles. The van der Waals surface area contributed by atoms with Crippen LogP contribution in [0, 0.1) is 0 Å². The van der Waals surface area contributed by atoms with Gasteiger partial charge in [0.05, 0.1) is 7.11 Å². The van der Waals surface area contributed by atoms with Crippen molar-refractivity contribution in [3.05, 3.63) is 71.5 Å². The lowest BCUT2D eigenvalue weighted by atomic mass is 9.95. The Morgan fingerprint density at radius 1 is 0.880 bits per heavy atom. The van der Waals surface area contributed by atoms with E-state index in [2.05, 4.69) is 4.98 Å². The quantitative estimate of drug-likeness (QED) is 0.561. The van der Waals surface area contributed by atoms with Gasteiger partial charge < -0.3 is 4.74 Å². The van der Waals surface area contributed by atoms with Crippen LogP contribution in [-0.2, 0) is 6.18 Å². The zero-order chi connectivity index (χ0) is 18.0. The third kappa shape index (κ3) is 3.77. The molecule has 3 rings (SSSR count). The summed E-state index contributed by atoms with van der Waals surface area (Å²) in [5.74, 6) is 0.664. The molecule has 0 aliphatic rings. The molecule has 0 saturated carbocycles. The number of rotatable bonds is 3. The fourth-order valence-corrected chi connectivity index (χ4v) is 2.61. The first-order valence-corrected chi connectivity index (χ1v) is 7.74. The standard InChI is InChI=1S/C19H13ClF3NO/c1-25-15-8-4-13(5-9-15)17-11-24-18(19(21,22)23)10-16(17)12-2-6-14(20)7-3-12/h2-11H,1H3. The van der Waals surface area contributed by atoms with Crippen molar-refractivity contribution in [2.24, 2.45) is 0 Å². The van der Waals surface area contributed by atoms with Gasteiger partial charge in [-0.25, -0.2) is 0 Å². The van der Waals surface area contributed by atoms with Crippen molar-refractivity contribution in [2.75, 3.05) is 7.11 Å². The lowest BCUT2D eigenvalue weighted by Crippen LogP contribution is -2.08. The van der Waals surface area contributed by atoms with Crippen LogP contribution in [0.15, 0.2) is 60.8 Å². The summed E-state index contributed by atoms with van der Waals surface area (Å²) in [6.45, 7) is 0. The molecule has 0 unspecified atom stereocenters. The third-order valence-corrected chi connectivity index (χ3v) is 4.00. The predicted octanol–water partition coefficient (Wildman–Crippen LogP) is 6.10. The molecule has 0 amide bonds. The number of hydrogen-bond donors (Lipinski definition) is 0. The van der Waals surface area contributed by atoms with E-state index >= 15 is 0 Å². The van der Waals surface area contributed by atoms with E-state index in [1.54, 1.807) is 55.6 Å². The van der Waals surface area contributed by atoms with E-state index in [-0.39, 0.29) is 0 Å². The van der Waals surface area contributed by atoms with Crippen LogP contribution in [-0.4, -0.2) is 12.1 Å². The van der Waals surface area contributed by atoms with Gasteiger partial charge >= 0.3 is 6.18 Å². The highest BCUT2D eigenvalue weighted by atomic mass is 35.5. The first-order valence-electron chi connectivity index (χ1n) is 7.36. The lowest BCUT2D eigenvalue weighted by Gasteiger charge is -2.14. The highest BCUT2D eigenvalue weighted by Gasteiger charge is 2.33. The predicted molar refractivity (Wildman–Crippen MR) is 91.7 cm³/mol. The molecule has 0 atom stereocenters. The Hall–Kier alpha value is -2.53. The van der Waals surface area contributed by atoms with E-state index in [0.717, 1.165) is 11.6 Å². The molecule has 2 aromatic carbocycles. The van der Waals surface area contributed by atoms with E-state index in [0.29, 0.717) is 27.5 Å². The molecule has 3 aromatic rings. The van der Waals surface area contributed by atoms with Crippen LogP contribution in [0.3, 0.4) is 0 Å². The molecule has 6 heteroatoms. The van der Waals surface area contributed by atoms with E-state index < -0.39 is 11.9 Å². The summed E-state index contributed by atoms with van der Waals surface area (Å²) in [7, 11) is 1.55. The molecule has 1 heterocycles. The van der Waals surface area contributed by atoms with Crippen LogP contribution < -0.4 is 4.74 Å². The van der Waals surface area contributed by atoms with Gasteiger partial charge in [0.2, 0.25) is 0 Å². The van der Waals surface area contributed by atoms with Crippen molar-refractivity contribution in [2.45, 2.75) is 6.18 Å². The summed E-state index contributed by atoms with van der Waals surface area (Å²) in [4.78, 5) is 3.59. The van der Waals surface area contributed by atoms with E-state index in [4.69, 9.17) is 16.3 Å². The Kier molecular flexibility index (Phi) is 4.68. The molecule has 0 N–H and O–H groups in total. The fraction of sp³-hybridized carbons (Fsp3) is 0.105. The Morgan fingerprint density at radius 2 is 1.44 bits per heavy atom. The van der Waals surface area contributed by atoms with Gasteiger partial charge in [-0.05, 0) is 47.0 Å². The number of hydrogen-bond acceptors (Lipinski definition) is 2. The van der Waals surface area contributed by atoms with Gasteiger partial charge in [0.25, 0.3) is 0 Å². The fourth-order valence-electron chi connectivity index (χ4n) is 2.48. The largest absolute Gasteiger partial charge is 0.497 e. The van der Waals surface area contributed by atoms with Gasteiger partial charge in [0, 0.05) is 16.8 Å². The number of pyridine rings is 1. The van der Waals surface area contributed by atoms with Crippen LogP contribution in [0.25, 0.3) is 22.3 Å². The average molecular weight is 364 g/mol. The third-order valence-electron chi connectivity index (χ3n) is 3.75. The van der Waals surface area contributed by atoms with Crippen LogP contribution in [0.5, 0.6) is 5.75 Å². The second-order valence-electron chi connectivity index (χ2n) is 5.35. The zero-order valence-electron chi connectivity index (χ0n) is 13.1. The molecular weight excluding hydrogens is 351 g/mol. The normalized spacial score (nSPS) is 11.4. The minimum atomic E-state index is -4.51. The number of nitrogens with zero attached hydrogens (tertiary/aromatic N) is 1. The monoisotopic (exact) mass is 363 g/mol. The number of methoxy groups -OCH3 is 1. The number of ether oxygens (including phenoxy) is 1. The SMILES string of the molecule is COc1ccc(-c2cnc(C(F)(F)F)cc2-c2ccc(Cl)cc2)cc1. The first-order chi connectivity index (χ1) is 11.9. The molecule has 0 bridgehead atoms. The molecule has 128 valence electrons. The minimum Gasteiger partial charge on any atom is -0.497 e. The van der Waals surface area contributed by atoms with Gasteiger partial charge in [0.15, 0.2) is 0 Å². The molecule has 0 saturated heterocycles. The maximum atomic E-state index is 13.1. The Labute approximate surface area is 147 Å². The number of benzene rings is 2. The molecule has 2 nitrogen and oxygen atoms in total. The maximum absolute atomic E-state index is 13.1. The highest BCUT2D eigenvalue weighted by Crippen LogP contribution is 2.37. The summed E-state index contributed by atoms with van der Waals surface area (Å²) in [6, 6.07) is 14.8. The van der Waals surface area contributed by atoms with E-state index in [1.165, 1.54) is 6.20 Å². The van der Waals surface area contributed by atoms with Crippen molar-refractivity contribution in [3.8, 4) is 28.0 Å². The van der Waals surface area contributed by atoms with Crippen LogP contribution in [0.4, 0.5) is 13.2 Å². The molecular formula is C19H13ClF3NO. The number of alkyl halides is 3. The van der Waals surface area contributed by atoms with Crippen molar-refractivity contribution in [1.29, 1.82) is 0 Å². The van der Waals surface area contributed by atoms with E-state index in [1.807, 2.05) is 0 Å². The van der Waals surface area contributed by atoms with Crippen molar-refractivity contribution < 1.29 is 17.9 Å². The molecule has 1 aromatic heterocycles. The average Bonchev–Trinajstić information content (AvgIpc) is 2.61. The molecule has 0 fully saturated rings. The van der Waals surface area contributed by atoms with Crippen LogP contribution in [0.1, 0.15) is 5.69 Å². The van der Waals surface area contributed by atoms with E-state index in [9.17, 15) is 13.2 Å². The molecule has 25 heavy (non-hydrogen) atoms. The van der Waals surface area contributed by atoms with Crippen molar-refractivity contribution in [3.63, 3.8) is 0 Å². The Morgan fingerprint density at radius 3 is 2.00 bits per heavy atom. The summed E-state index contributed by atoms with van der Waals surface area (Å²) < 4.78 is 44.4. The Bertz CT molecular complexity index is 875. The van der Waals surface area contributed by atoms with Crippen molar-refractivity contribution in [1.82, 2.24) is 4.98 Å². The topological polar surface area (TPSA) is 22.1 Å². The number of halogens is 4. The minimum absolute atomic E-state index is 0.434. The highest BCUT2D eigenvalue weighted by molar-refractivity contribution is 6.30. The second kappa shape index (κ2) is 6.76. The summed E-state index contributed by atoms with van der Waals surface area (Å²) in [6.07, 6.45) is -3.27. The van der Waals surface area contributed by atoms with Gasteiger partial charge in [-0.2, -0.15) is 13.2 Å². The van der Waals surface area contributed by atoms with Gasteiger partial charge in [-0.15, -0.1) is 0 Å². The summed E-state index contributed by atoms with van der Waals surface area (Å²) in [5, 5.41) is 0.514. The van der Waals surface area contributed by atoms with Gasteiger partial charge in [0.1, 0.15) is 11.4 Å². The second-order valence-corrected chi connectivity index (χ2v) is 5.78. The number of aromatic nitrogens is 1. The van der Waals surface area contributed by atoms with Crippen LogP contribution in [0.2, 0.25) is 5.02 Å². The first kappa shape index (κ1) is 17.3. The van der Waals surface area contributed by atoms with Gasteiger partial charge in [-0.3, -0.25) is 4.98 Å². The van der Waals surface area contributed by atoms with Gasteiger partial charge in [-0.1, -0.05) is 35.9 Å². The lowest BCUT2D eigenvalue weighted by molar-refractivity contribution is -0.141. The Balaban J connectivity index is 2.18. The summed E-state index contributed by atoms with van der Waals surface area (Å²) in [5.41, 5.74) is 1.46. The molecule has 0 spiro atoms.